The summed E-state index contributed by atoms with van der Waals surface area (Å²) in [6.45, 7) is 0. The van der Waals surface area contributed by atoms with Crippen LogP contribution in [0.1, 0.15) is 15.9 Å². The van der Waals surface area contributed by atoms with Crippen LogP contribution < -0.4 is 10.1 Å². The first-order valence-electron chi connectivity index (χ1n) is 7.04. The lowest BCUT2D eigenvalue weighted by Crippen LogP contribution is -2.13. The number of carboxylic acid groups (broad SMARTS) is 1. The second-order valence-electron chi connectivity index (χ2n) is 4.89. The van der Waals surface area contributed by atoms with E-state index in [0.29, 0.717) is 17.0 Å². The average molecular weight is 401 g/mol. The molecule has 0 heterocycles. The van der Waals surface area contributed by atoms with Crippen molar-refractivity contribution in [3.8, 4) is 11.8 Å². The molecule has 2 N–H and O–H groups in total. The summed E-state index contributed by atoms with van der Waals surface area (Å²) in [6, 6.07) is 12.7. The molecule has 2 rings (SSSR count). The Morgan fingerprint density at radius 3 is 2.48 bits per heavy atom. The third-order valence-corrected chi connectivity index (χ3v) is 3.74. The molecule has 0 aliphatic rings. The normalized spacial score (nSPS) is 10.7. The average Bonchev–Trinajstić information content (AvgIpc) is 2.60. The van der Waals surface area contributed by atoms with Gasteiger partial charge in [-0.3, -0.25) is 4.79 Å². The van der Waals surface area contributed by atoms with Gasteiger partial charge in [-0.05, 0) is 48.5 Å². The van der Waals surface area contributed by atoms with Crippen molar-refractivity contribution >= 4 is 39.6 Å². The molecule has 0 aliphatic heterocycles. The van der Waals surface area contributed by atoms with Gasteiger partial charge in [-0.15, -0.1) is 0 Å². The fraction of sp³-hybridized carbons (Fsp3) is 0.0556. The van der Waals surface area contributed by atoms with Crippen molar-refractivity contribution < 1.29 is 19.4 Å². The molecular weight excluding hydrogens is 388 g/mol. The van der Waals surface area contributed by atoms with E-state index in [-0.39, 0.29) is 11.1 Å². The number of carbonyl (C=O) groups is 2. The van der Waals surface area contributed by atoms with Crippen molar-refractivity contribution in [3.05, 3.63) is 63.6 Å². The van der Waals surface area contributed by atoms with E-state index < -0.39 is 11.9 Å². The monoisotopic (exact) mass is 400 g/mol. The van der Waals surface area contributed by atoms with Gasteiger partial charge in [-0.25, -0.2) is 4.79 Å². The number of ether oxygens (including phenoxy) is 1. The van der Waals surface area contributed by atoms with Crippen molar-refractivity contribution in [1.82, 2.24) is 0 Å². The maximum atomic E-state index is 12.3. The molecule has 25 heavy (non-hydrogen) atoms. The fourth-order valence-electron chi connectivity index (χ4n) is 2.02. The lowest BCUT2D eigenvalue weighted by atomic mass is 10.1. The second kappa shape index (κ2) is 8.13. The van der Waals surface area contributed by atoms with Crippen LogP contribution in [-0.4, -0.2) is 24.1 Å². The third-order valence-electron chi connectivity index (χ3n) is 3.25. The summed E-state index contributed by atoms with van der Waals surface area (Å²) in [4.78, 5) is 23.1. The van der Waals surface area contributed by atoms with Gasteiger partial charge in [0.05, 0.1) is 12.7 Å². The molecule has 6 nitrogen and oxygen atoms in total. The smallest absolute Gasteiger partial charge is 0.335 e. The Hall–Kier alpha value is -3.11. The fourth-order valence-corrected chi connectivity index (χ4v) is 2.40. The number of aromatic carboxylic acids is 1. The van der Waals surface area contributed by atoms with Gasteiger partial charge in [0.25, 0.3) is 5.91 Å². The molecule has 0 saturated heterocycles. The van der Waals surface area contributed by atoms with Crippen LogP contribution in [-0.2, 0) is 4.79 Å². The summed E-state index contributed by atoms with van der Waals surface area (Å²) in [6.07, 6.45) is 1.42. The number of carboxylic acids is 1. The number of benzene rings is 2. The Labute approximate surface area is 152 Å². The van der Waals surface area contributed by atoms with Crippen LogP contribution in [0.5, 0.6) is 5.75 Å². The molecule has 0 saturated carbocycles. The van der Waals surface area contributed by atoms with Gasteiger partial charge < -0.3 is 15.2 Å². The first-order valence-corrected chi connectivity index (χ1v) is 7.84. The predicted octanol–water partition coefficient (Wildman–Crippen LogP) is 3.70. The van der Waals surface area contributed by atoms with Gasteiger partial charge in [-0.1, -0.05) is 15.9 Å². The number of hydrogen-bond acceptors (Lipinski definition) is 4. The number of methoxy groups -OCH3 is 1. The highest BCUT2D eigenvalue weighted by Crippen LogP contribution is 2.25. The zero-order valence-electron chi connectivity index (χ0n) is 13.1. The maximum Gasteiger partial charge on any atom is 0.335 e. The van der Waals surface area contributed by atoms with Gasteiger partial charge in [0.15, 0.2) is 0 Å². The first-order chi connectivity index (χ1) is 11.9. The van der Waals surface area contributed by atoms with Gasteiger partial charge in [0.2, 0.25) is 0 Å². The van der Waals surface area contributed by atoms with Crippen molar-refractivity contribution in [2.24, 2.45) is 0 Å². The Balaban J connectivity index is 2.25. The number of rotatable bonds is 5. The minimum atomic E-state index is -1.06. The molecule has 0 unspecified atom stereocenters. The molecule has 0 fully saturated rings. The van der Waals surface area contributed by atoms with Gasteiger partial charge in [-0.2, -0.15) is 5.26 Å². The number of amides is 1. The SMILES string of the molecule is COc1ccc(Br)cc1/C=C(/C#N)C(=O)Nc1ccc(C(=O)O)cc1. The van der Waals surface area contributed by atoms with Gasteiger partial charge in [0.1, 0.15) is 17.4 Å². The van der Waals surface area contributed by atoms with E-state index in [2.05, 4.69) is 21.2 Å². The maximum absolute atomic E-state index is 12.3. The molecule has 2 aromatic carbocycles. The second-order valence-corrected chi connectivity index (χ2v) is 5.81. The van der Waals surface area contributed by atoms with Crippen LogP contribution in [0.25, 0.3) is 6.08 Å². The number of anilines is 1. The van der Waals surface area contributed by atoms with E-state index in [0.717, 1.165) is 4.47 Å². The molecule has 126 valence electrons. The topological polar surface area (TPSA) is 99.4 Å². The number of halogens is 1. The van der Waals surface area contributed by atoms with E-state index in [1.165, 1.54) is 37.5 Å². The quantitative estimate of drug-likeness (QED) is 0.588. The zero-order valence-corrected chi connectivity index (χ0v) is 14.7. The molecule has 0 radical (unpaired) electrons. The highest BCUT2D eigenvalue weighted by atomic mass is 79.9. The van der Waals surface area contributed by atoms with Crippen molar-refractivity contribution in [3.63, 3.8) is 0 Å². The minimum absolute atomic E-state index is 0.105. The molecule has 2 aromatic rings. The zero-order chi connectivity index (χ0) is 18.4. The largest absolute Gasteiger partial charge is 0.496 e. The number of carbonyl (C=O) groups excluding carboxylic acids is 1. The van der Waals surface area contributed by atoms with E-state index in [1.807, 2.05) is 6.07 Å². The lowest BCUT2D eigenvalue weighted by Gasteiger charge is -2.07. The van der Waals surface area contributed by atoms with Crippen LogP contribution in [0.3, 0.4) is 0 Å². The third kappa shape index (κ3) is 4.68. The van der Waals surface area contributed by atoms with E-state index in [4.69, 9.17) is 9.84 Å². The van der Waals surface area contributed by atoms with Crippen LogP contribution in [0.4, 0.5) is 5.69 Å². The van der Waals surface area contributed by atoms with E-state index >= 15 is 0 Å². The van der Waals surface area contributed by atoms with Gasteiger partial charge in [0, 0.05) is 15.7 Å². The van der Waals surface area contributed by atoms with Gasteiger partial charge >= 0.3 is 5.97 Å². The Kier molecular flexibility index (Phi) is 5.93. The molecule has 0 atom stereocenters. The number of nitrogens with zero attached hydrogens (tertiary/aromatic N) is 1. The summed E-state index contributed by atoms with van der Waals surface area (Å²) in [5.41, 5.74) is 0.953. The summed E-state index contributed by atoms with van der Waals surface area (Å²) in [5.74, 6) is -1.14. The number of hydrogen-bond donors (Lipinski definition) is 2. The van der Waals surface area contributed by atoms with Crippen molar-refractivity contribution in [2.75, 3.05) is 12.4 Å². The molecule has 1 amide bonds. The summed E-state index contributed by atoms with van der Waals surface area (Å²) in [7, 11) is 1.50. The lowest BCUT2D eigenvalue weighted by molar-refractivity contribution is -0.112. The molecule has 0 bridgehead atoms. The summed E-state index contributed by atoms with van der Waals surface area (Å²) in [5, 5.41) is 20.7. The van der Waals surface area contributed by atoms with E-state index in [1.54, 1.807) is 18.2 Å². The Morgan fingerprint density at radius 2 is 1.92 bits per heavy atom. The minimum Gasteiger partial charge on any atom is -0.496 e. The number of nitriles is 1. The van der Waals surface area contributed by atoms with E-state index in [9.17, 15) is 14.9 Å². The Bertz CT molecular complexity index is 883. The molecule has 0 spiro atoms. The van der Waals surface area contributed by atoms with Crippen LogP contribution in [0.15, 0.2) is 52.5 Å². The van der Waals surface area contributed by atoms with Crippen LogP contribution in [0, 0.1) is 11.3 Å². The molecular formula is C18H13BrN2O4. The van der Waals surface area contributed by atoms with Crippen LogP contribution >= 0.6 is 15.9 Å². The highest BCUT2D eigenvalue weighted by Gasteiger charge is 2.12. The standard InChI is InChI=1S/C18H13BrN2O4/c1-25-16-7-4-14(19)9-12(16)8-13(10-20)17(22)21-15-5-2-11(3-6-15)18(23)24/h2-9H,1H3,(H,21,22)(H,23,24)/b13-8-. The first kappa shape index (κ1) is 18.2. The molecule has 0 aromatic heterocycles. The number of nitrogens with one attached hydrogen (secondary N) is 1. The van der Waals surface area contributed by atoms with Crippen molar-refractivity contribution in [1.29, 1.82) is 5.26 Å². The van der Waals surface area contributed by atoms with Crippen LogP contribution in [0.2, 0.25) is 0 Å². The Morgan fingerprint density at radius 1 is 1.24 bits per heavy atom. The predicted molar refractivity (Wildman–Crippen MR) is 96.3 cm³/mol. The molecule has 7 heteroatoms. The summed E-state index contributed by atoms with van der Waals surface area (Å²) >= 11 is 3.33. The molecule has 0 aliphatic carbocycles. The summed E-state index contributed by atoms with van der Waals surface area (Å²) < 4.78 is 6.00. The van der Waals surface area contributed by atoms with Crippen molar-refractivity contribution in [2.45, 2.75) is 0 Å². The highest BCUT2D eigenvalue weighted by molar-refractivity contribution is 9.10.